The molecule has 2 bridgehead atoms. The van der Waals surface area contributed by atoms with Gasteiger partial charge in [-0.05, 0) is 62.4 Å². The van der Waals surface area contributed by atoms with Crippen molar-refractivity contribution in [2.75, 3.05) is 13.2 Å². The Hall–Kier alpha value is -0.790. The van der Waals surface area contributed by atoms with E-state index < -0.39 is 12.1 Å². The number of rotatable bonds is 2. The lowest BCUT2D eigenvalue weighted by Gasteiger charge is -2.57. The molecule has 3 N–H and O–H groups in total. The molecule has 148 valence electrons. The molecule has 0 radical (unpaired) electrons. The Balaban J connectivity index is 1.45. The van der Waals surface area contributed by atoms with Crippen LogP contribution in [0.1, 0.15) is 44.9 Å². The molecule has 6 heteroatoms. The molecule has 5 fully saturated rings. The molecule has 0 aromatic carbocycles. The number of carbonyl (C=O) groups excluding carboxylic acids is 1. The number of ether oxygens (including phenoxy) is 2. The number of fused-ring (bicyclic) bond motifs is 6. The van der Waals surface area contributed by atoms with Gasteiger partial charge in [-0.2, -0.15) is 0 Å². The lowest BCUT2D eigenvalue weighted by Crippen LogP contribution is -2.57. The first-order valence-corrected chi connectivity index (χ1v) is 10.5. The van der Waals surface area contributed by atoms with Crippen LogP contribution < -0.4 is 0 Å². The van der Waals surface area contributed by atoms with E-state index in [0.29, 0.717) is 24.7 Å². The molecule has 4 aliphatic carbocycles. The van der Waals surface area contributed by atoms with Crippen LogP contribution >= 0.6 is 0 Å². The zero-order chi connectivity index (χ0) is 18.6. The Morgan fingerprint density at radius 3 is 2.78 bits per heavy atom. The number of aliphatic hydroxyl groups is 3. The summed E-state index contributed by atoms with van der Waals surface area (Å²) < 4.78 is 12.4. The van der Waals surface area contributed by atoms with Gasteiger partial charge in [0, 0.05) is 23.2 Å². The van der Waals surface area contributed by atoms with Gasteiger partial charge in [0.15, 0.2) is 17.9 Å². The van der Waals surface area contributed by atoms with Crippen LogP contribution in [0, 0.1) is 34.5 Å². The Kier molecular flexibility index (Phi) is 3.31. The quantitative estimate of drug-likeness (QED) is 0.669. The van der Waals surface area contributed by atoms with Crippen molar-refractivity contribution >= 4 is 5.78 Å². The van der Waals surface area contributed by atoms with Gasteiger partial charge in [0.1, 0.15) is 0 Å². The highest BCUT2D eigenvalue weighted by Gasteiger charge is 2.78. The molecular formula is C21H28O6. The largest absolute Gasteiger partial charge is 0.395 e. The fourth-order valence-corrected chi connectivity index (χ4v) is 8.47. The minimum Gasteiger partial charge on any atom is -0.395 e. The van der Waals surface area contributed by atoms with Crippen LogP contribution in [0.3, 0.4) is 0 Å². The topological polar surface area (TPSA) is 96.2 Å². The predicted octanol–water partition coefficient (Wildman–Crippen LogP) is 1.13. The number of carbonyl (C=O) groups is 1. The number of ketones is 1. The number of hydrogen-bond donors (Lipinski definition) is 3. The normalized spacial score (nSPS) is 57.9. The highest BCUT2D eigenvalue weighted by atomic mass is 16.8. The third-order valence-electron chi connectivity index (χ3n) is 9.32. The minimum atomic E-state index is -1.48. The first-order valence-electron chi connectivity index (χ1n) is 10.5. The molecule has 6 aliphatic rings. The monoisotopic (exact) mass is 376 g/mol. The molecule has 0 amide bonds. The van der Waals surface area contributed by atoms with Crippen molar-refractivity contribution < 1.29 is 29.6 Å². The van der Waals surface area contributed by atoms with E-state index in [2.05, 4.69) is 0 Å². The second-order valence-electron chi connectivity index (χ2n) is 9.86. The highest BCUT2D eigenvalue weighted by Crippen LogP contribution is 2.75. The van der Waals surface area contributed by atoms with Gasteiger partial charge in [0.25, 0.3) is 0 Å². The zero-order valence-corrected chi connectivity index (χ0v) is 15.5. The lowest BCUT2D eigenvalue weighted by atomic mass is 9.46. The fraction of sp³-hybridized carbons (Fsp3) is 0.857. The Labute approximate surface area is 158 Å². The molecule has 27 heavy (non-hydrogen) atoms. The number of hydrogen-bond acceptors (Lipinski definition) is 6. The summed E-state index contributed by atoms with van der Waals surface area (Å²) in [7, 11) is 0. The summed E-state index contributed by atoms with van der Waals surface area (Å²) in [4.78, 5) is 12.0. The van der Waals surface area contributed by atoms with Gasteiger partial charge in [0.05, 0.1) is 19.3 Å². The smallest absolute Gasteiger partial charge is 0.195 e. The van der Waals surface area contributed by atoms with Gasteiger partial charge in [-0.1, -0.05) is 5.57 Å². The summed E-state index contributed by atoms with van der Waals surface area (Å²) in [5.74, 6) is -0.364. The van der Waals surface area contributed by atoms with E-state index in [1.807, 2.05) is 0 Å². The molecule has 2 saturated heterocycles. The molecular weight excluding hydrogens is 348 g/mol. The molecule has 3 saturated carbocycles. The van der Waals surface area contributed by atoms with Crippen LogP contribution in [0.15, 0.2) is 11.6 Å². The van der Waals surface area contributed by atoms with Crippen molar-refractivity contribution in [2.45, 2.75) is 63.1 Å². The molecule has 0 aromatic heterocycles. The highest BCUT2D eigenvalue weighted by molar-refractivity contribution is 5.91. The molecule has 6 nitrogen and oxygen atoms in total. The van der Waals surface area contributed by atoms with E-state index in [1.54, 1.807) is 6.08 Å². The Morgan fingerprint density at radius 2 is 2.00 bits per heavy atom. The van der Waals surface area contributed by atoms with E-state index >= 15 is 0 Å². The van der Waals surface area contributed by atoms with Crippen molar-refractivity contribution in [1.82, 2.24) is 0 Å². The van der Waals surface area contributed by atoms with Gasteiger partial charge in [-0.25, -0.2) is 0 Å². The molecule has 9 atom stereocenters. The lowest BCUT2D eigenvalue weighted by molar-refractivity contribution is -0.281. The van der Waals surface area contributed by atoms with E-state index in [-0.39, 0.29) is 47.8 Å². The minimum absolute atomic E-state index is 0.0101. The van der Waals surface area contributed by atoms with E-state index in [1.165, 1.54) is 0 Å². The standard InChI is InChI=1S/C21H28O6/c22-9-19-6-5-12(24)7-11(19)1-2-13-14-3-4-16-20(14)8-15(17(13)19)26-18(20)27-21(16,25)10-23/h7,13-18,22-23,25H,1-6,8-10H2/t13-,14-,15-,16-,17+,18?,19+,20+,21+/m0/s1. The van der Waals surface area contributed by atoms with Crippen LogP contribution in [0.5, 0.6) is 0 Å². The molecule has 0 aromatic rings. The molecule has 1 unspecified atom stereocenters. The van der Waals surface area contributed by atoms with Gasteiger partial charge < -0.3 is 24.8 Å². The van der Waals surface area contributed by atoms with Gasteiger partial charge in [-0.15, -0.1) is 0 Å². The second kappa shape index (κ2) is 5.22. The van der Waals surface area contributed by atoms with Crippen molar-refractivity contribution in [3.8, 4) is 0 Å². The number of aliphatic hydroxyl groups excluding tert-OH is 2. The van der Waals surface area contributed by atoms with Crippen LogP contribution in [-0.2, 0) is 14.3 Å². The van der Waals surface area contributed by atoms with Crippen molar-refractivity contribution in [3.05, 3.63) is 11.6 Å². The van der Waals surface area contributed by atoms with Crippen molar-refractivity contribution in [2.24, 2.45) is 34.5 Å². The van der Waals surface area contributed by atoms with Crippen LogP contribution in [-0.4, -0.2) is 52.5 Å². The van der Waals surface area contributed by atoms with Gasteiger partial charge in [-0.3, -0.25) is 4.79 Å². The zero-order valence-electron chi connectivity index (χ0n) is 15.5. The summed E-state index contributed by atoms with van der Waals surface area (Å²) >= 11 is 0. The van der Waals surface area contributed by atoms with Gasteiger partial charge in [0.2, 0.25) is 0 Å². The SMILES string of the molecule is O=C1C=C2CC[C@@H]3[C@H]([C@@H]4C[C@]56C(O4)O[C@](O)(CO)[C@H]5CC[C@@H]36)[C@@]2(CO)CC1. The maximum Gasteiger partial charge on any atom is 0.195 e. The van der Waals surface area contributed by atoms with Crippen LogP contribution in [0.2, 0.25) is 0 Å². The summed E-state index contributed by atoms with van der Waals surface area (Å²) in [5, 5.41) is 31.2. The van der Waals surface area contributed by atoms with E-state index in [9.17, 15) is 20.1 Å². The molecule has 1 spiro atoms. The molecule has 2 aliphatic heterocycles. The molecule has 2 heterocycles. The van der Waals surface area contributed by atoms with Crippen molar-refractivity contribution in [3.63, 3.8) is 0 Å². The summed E-state index contributed by atoms with van der Waals surface area (Å²) in [6.45, 7) is -0.317. The first-order chi connectivity index (χ1) is 13.0. The predicted molar refractivity (Wildman–Crippen MR) is 93.1 cm³/mol. The van der Waals surface area contributed by atoms with Crippen molar-refractivity contribution in [1.29, 1.82) is 0 Å². The Bertz CT molecular complexity index is 734. The van der Waals surface area contributed by atoms with E-state index in [0.717, 1.165) is 37.7 Å². The average Bonchev–Trinajstić information content (AvgIpc) is 3.26. The third kappa shape index (κ3) is 1.79. The van der Waals surface area contributed by atoms with Crippen LogP contribution in [0.4, 0.5) is 0 Å². The maximum atomic E-state index is 12.0. The Morgan fingerprint density at radius 1 is 1.15 bits per heavy atom. The second-order valence-corrected chi connectivity index (χ2v) is 9.86. The summed E-state index contributed by atoms with van der Waals surface area (Å²) in [6.07, 6.45) is 7.12. The van der Waals surface area contributed by atoms with Crippen LogP contribution in [0.25, 0.3) is 0 Å². The average molecular weight is 376 g/mol. The summed E-state index contributed by atoms with van der Waals surface area (Å²) in [5.41, 5.74) is 0.583. The maximum absolute atomic E-state index is 12.0. The van der Waals surface area contributed by atoms with E-state index in [4.69, 9.17) is 9.47 Å². The summed E-state index contributed by atoms with van der Waals surface area (Å²) in [6, 6.07) is 0. The first kappa shape index (κ1) is 17.1. The fourth-order valence-electron chi connectivity index (χ4n) is 8.47. The third-order valence-corrected chi connectivity index (χ3v) is 9.32. The molecule has 6 rings (SSSR count). The van der Waals surface area contributed by atoms with Gasteiger partial charge >= 0.3 is 0 Å².